The van der Waals surface area contributed by atoms with Crippen molar-refractivity contribution < 1.29 is 14.3 Å². The predicted molar refractivity (Wildman–Crippen MR) is 108 cm³/mol. The average Bonchev–Trinajstić information content (AvgIpc) is 3.26. The third kappa shape index (κ3) is 3.33. The van der Waals surface area contributed by atoms with E-state index in [0.29, 0.717) is 13.1 Å². The number of aromatic nitrogens is 1. The molecule has 3 aromatic rings. The van der Waals surface area contributed by atoms with Gasteiger partial charge in [-0.15, -0.1) is 0 Å². The number of carbonyl (C=O) groups excluding carboxylic acids is 2. The molecule has 0 saturated carbocycles. The molecule has 2 heterocycles. The van der Waals surface area contributed by atoms with Crippen LogP contribution < -0.4 is 10.1 Å². The second-order valence-electron chi connectivity index (χ2n) is 7.14. The van der Waals surface area contributed by atoms with E-state index in [1.165, 1.54) is 0 Å². The standard InChI is InChI=1S/C22H23N3O3/c1-24-11-10-17-18(7-5-8-19(17)24)23-22(27)16-12-21(26)25(14-16)13-15-6-3-4-9-20(15)28-2/h3-11,16H,12-14H2,1-2H3,(H,23,27). The predicted octanol–water partition coefficient (Wildman–Crippen LogP) is 3.17. The maximum absolute atomic E-state index is 12.8. The molecule has 1 atom stereocenters. The number of rotatable bonds is 5. The monoisotopic (exact) mass is 377 g/mol. The summed E-state index contributed by atoms with van der Waals surface area (Å²) in [4.78, 5) is 27.0. The summed E-state index contributed by atoms with van der Waals surface area (Å²) in [6.45, 7) is 0.856. The molecule has 1 N–H and O–H groups in total. The van der Waals surface area contributed by atoms with Gasteiger partial charge in [0, 0.05) is 49.2 Å². The minimum Gasteiger partial charge on any atom is -0.496 e. The Balaban J connectivity index is 1.46. The van der Waals surface area contributed by atoms with Gasteiger partial charge in [0.2, 0.25) is 11.8 Å². The first-order valence-electron chi connectivity index (χ1n) is 9.31. The van der Waals surface area contributed by atoms with E-state index in [4.69, 9.17) is 4.74 Å². The van der Waals surface area contributed by atoms with Crippen LogP contribution in [0.4, 0.5) is 5.69 Å². The van der Waals surface area contributed by atoms with E-state index in [0.717, 1.165) is 27.9 Å². The summed E-state index contributed by atoms with van der Waals surface area (Å²) in [5.41, 5.74) is 2.77. The van der Waals surface area contributed by atoms with Gasteiger partial charge >= 0.3 is 0 Å². The highest BCUT2D eigenvalue weighted by atomic mass is 16.5. The molecule has 1 aliphatic heterocycles. The summed E-state index contributed by atoms with van der Waals surface area (Å²) in [5.74, 6) is 0.260. The van der Waals surface area contributed by atoms with Gasteiger partial charge in [0.15, 0.2) is 0 Å². The number of hydrogen-bond donors (Lipinski definition) is 1. The van der Waals surface area contributed by atoms with Crippen molar-refractivity contribution in [1.82, 2.24) is 9.47 Å². The summed E-state index contributed by atoms with van der Waals surface area (Å²) >= 11 is 0. The van der Waals surface area contributed by atoms with Gasteiger partial charge in [-0.25, -0.2) is 0 Å². The molecule has 28 heavy (non-hydrogen) atoms. The van der Waals surface area contributed by atoms with Crippen LogP contribution in [0.2, 0.25) is 0 Å². The largest absolute Gasteiger partial charge is 0.496 e. The number of amides is 2. The smallest absolute Gasteiger partial charge is 0.229 e. The molecule has 6 nitrogen and oxygen atoms in total. The van der Waals surface area contributed by atoms with E-state index in [2.05, 4.69) is 5.32 Å². The van der Waals surface area contributed by atoms with Crippen LogP contribution in [-0.4, -0.2) is 34.9 Å². The lowest BCUT2D eigenvalue weighted by molar-refractivity contribution is -0.128. The molecule has 1 aromatic heterocycles. The van der Waals surface area contributed by atoms with Gasteiger partial charge < -0.3 is 19.5 Å². The van der Waals surface area contributed by atoms with E-state index < -0.39 is 0 Å². The number of carbonyl (C=O) groups is 2. The molecular formula is C22H23N3O3. The lowest BCUT2D eigenvalue weighted by Crippen LogP contribution is -2.28. The molecule has 0 radical (unpaired) electrons. The molecule has 1 saturated heterocycles. The van der Waals surface area contributed by atoms with Crippen molar-refractivity contribution in [3.05, 3.63) is 60.3 Å². The van der Waals surface area contributed by atoms with Gasteiger partial charge in [0.1, 0.15) is 5.75 Å². The Hall–Kier alpha value is -3.28. The zero-order chi connectivity index (χ0) is 19.7. The Kier molecular flexibility index (Phi) is 4.77. The summed E-state index contributed by atoms with van der Waals surface area (Å²) in [6, 6.07) is 15.4. The average molecular weight is 377 g/mol. The number of para-hydroxylation sites is 1. The fourth-order valence-electron chi connectivity index (χ4n) is 3.79. The zero-order valence-electron chi connectivity index (χ0n) is 16.0. The molecule has 0 spiro atoms. The zero-order valence-corrected chi connectivity index (χ0v) is 16.0. The van der Waals surface area contributed by atoms with E-state index in [-0.39, 0.29) is 24.2 Å². The molecule has 1 aliphatic rings. The summed E-state index contributed by atoms with van der Waals surface area (Å²) in [5, 5.41) is 4.01. The van der Waals surface area contributed by atoms with Crippen molar-refractivity contribution in [1.29, 1.82) is 0 Å². The number of hydrogen-bond acceptors (Lipinski definition) is 3. The third-order valence-electron chi connectivity index (χ3n) is 5.32. The summed E-state index contributed by atoms with van der Waals surface area (Å²) in [7, 11) is 3.59. The van der Waals surface area contributed by atoms with Gasteiger partial charge in [-0.1, -0.05) is 24.3 Å². The first-order chi connectivity index (χ1) is 13.6. The minimum atomic E-state index is -0.360. The maximum Gasteiger partial charge on any atom is 0.229 e. The lowest BCUT2D eigenvalue weighted by Gasteiger charge is -2.18. The number of nitrogens with zero attached hydrogens (tertiary/aromatic N) is 2. The SMILES string of the molecule is COc1ccccc1CN1CC(C(=O)Nc2cccc3c2ccn3C)CC1=O. The van der Waals surface area contributed by atoms with Crippen molar-refractivity contribution in [2.75, 3.05) is 19.0 Å². The normalized spacial score (nSPS) is 16.6. The third-order valence-corrected chi connectivity index (χ3v) is 5.32. The van der Waals surface area contributed by atoms with Gasteiger partial charge in [0.05, 0.1) is 18.7 Å². The molecule has 0 aliphatic carbocycles. The van der Waals surface area contributed by atoms with E-state index in [1.54, 1.807) is 12.0 Å². The first kappa shape index (κ1) is 18.1. The molecule has 144 valence electrons. The highest BCUT2D eigenvalue weighted by Gasteiger charge is 2.34. The Morgan fingerprint density at radius 2 is 2.00 bits per heavy atom. The van der Waals surface area contributed by atoms with Crippen molar-refractivity contribution in [3.63, 3.8) is 0 Å². The highest BCUT2D eigenvalue weighted by Crippen LogP contribution is 2.28. The maximum atomic E-state index is 12.8. The van der Waals surface area contributed by atoms with Crippen LogP contribution in [0.5, 0.6) is 5.75 Å². The van der Waals surface area contributed by atoms with Gasteiger partial charge in [-0.2, -0.15) is 0 Å². The molecule has 6 heteroatoms. The number of aryl methyl sites for hydroxylation is 1. The van der Waals surface area contributed by atoms with E-state index in [1.807, 2.05) is 66.3 Å². The first-order valence-corrected chi connectivity index (χ1v) is 9.31. The van der Waals surface area contributed by atoms with E-state index in [9.17, 15) is 9.59 Å². The Morgan fingerprint density at radius 3 is 2.82 bits per heavy atom. The number of ether oxygens (including phenoxy) is 1. The van der Waals surface area contributed by atoms with Crippen LogP contribution in [0.3, 0.4) is 0 Å². The number of likely N-dealkylation sites (tertiary alicyclic amines) is 1. The second-order valence-corrected chi connectivity index (χ2v) is 7.14. The summed E-state index contributed by atoms with van der Waals surface area (Å²) in [6.07, 6.45) is 2.19. The fourth-order valence-corrected chi connectivity index (χ4v) is 3.79. The Labute approximate surface area is 163 Å². The van der Waals surface area contributed by atoms with Crippen LogP contribution in [0.1, 0.15) is 12.0 Å². The van der Waals surface area contributed by atoms with Crippen LogP contribution in [-0.2, 0) is 23.2 Å². The highest BCUT2D eigenvalue weighted by molar-refractivity contribution is 6.03. The molecule has 2 aromatic carbocycles. The molecule has 0 bridgehead atoms. The van der Waals surface area contributed by atoms with Gasteiger partial charge in [-0.3, -0.25) is 9.59 Å². The molecule has 2 amide bonds. The Morgan fingerprint density at radius 1 is 1.18 bits per heavy atom. The topological polar surface area (TPSA) is 63.6 Å². The summed E-state index contributed by atoms with van der Waals surface area (Å²) < 4.78 is 7.38. The van der Waals surface area contributed by atoms with Crippen molar-refractivity contribution in [2.24, 2.45) is 13.0 Å². The molecular weight excluding hydrogens is 354 g/mol. The Bertz CT molecular complexity index is 1040. The second kappa shape index (κ2) is 7.38. The number of nitrogens with one attached hydrogen (secondary N) is 1. The van der Waals surface area contributed by atoms with Crippen LogP contribution in [0.25, 0.3) is 10.9 Å². The molecule has 1 fully saturated rings. The minimum absolute atomic E-state index is 0.0102. The van der Waals surface area contributed by atoms with Gasteiger partial charge in [0.25, 0.3) is 0 Å². The molecule has 1 unspecified atom stereocenters. The molecule has 4 rings (SSSR count). The number of fused-ring (bicyclic) bond motifs is 1. The van der Waals surface area contributed by atoms with Crippen LogP contribution >= 0.6 is 0 Å². The number of benzene rings is 2. The van der Waals surface area contributed by atoms with Gasteiger partial charge in [-0.05, 0) is 24.3 Å². The van der Waals surface area contributed by atoms with E-state index >= 15 is 0 Å². The quantitative estimate of drug-likeness (QED) is 0.743. The number of methoxy groups -OCH3 is 1. The van der Waals surface area contributed by atoms with Crippen molar-refractivity contribution in [3.8, 4) is 5.75 Å². The number of anilines is 1. The fraction of sp³-hybridized carbons (Fsp3) is 0.273. The van der Waals surface area contributed by atoms with Crippen LogP contribution in [0.15, 0.2) is 54.7 Å². The van der Waals surface area contributed by atoms with Crippen molar-refractivity contribution >= 4 is 28.4 Å². The lowest BCUT2D eigenvalue weighted by atomic mass is 10.1. The van der Waals surface area contributed by atoms with Crippen molar-refractivity contribution in [2.45, 2.75) is 13.0 Å². The van der Waals surface area contributed by atoms with Crippen LogP contribution in [0, 0.1) is 5.92 Å².